The average Bonchev–Trinajstić information content (AvgIpc) is 3.35. The first-order valence-corrected chi connectivity index (χ1v) is 11.2. The second-order valence-corrected chi connectivity index (χ2v) is 8.63. The van der Waals surface area contributed by atoms with Crippen molar-refractivity contribution in [2.24, 2.45) is 0 Å². The van der Waals surface area contributed by atoms with Crippen LogP contribution in [0.5, 0.6) is 0 Å². The molecule has 2 aromatic rings. The fraction of sp³-hybridized carbons (Fsp3) is 0.357. The molecule has 2 saturated heterocycles. The van der Waals surface area contributed by atoms with Crippen molar-refractivity contribution in [3.05, 3.63) is 109 Å². The Labute approximate surface area is 182 Å². The van der Waals surface area contributed by atoms with Gasteiger partial charge in [-0.25, -0.2) is 0 Å². The normalized spacial score (nSPS) is 28.6. The number of hydrogen-bond acceptors (Lipinski definition) is 2. The van der Waals surface area contributed by atoms with Crippen molar-refractivity contribution >= 4 is 0 Å². The number of piperazine rings is 1. The maximum absolute atomic E-state index is 4.26. The lowest BCUT2D eigenvalue weighted by Crippen LogP contribution is -2.58. The fourth-order valence-electron chi connectivity index (χ4n) is 5.83. The van der Waals surface area contributed by atoms with Gasteiger partial charge in [0, 0.05) is 36.3 Å². The third-order valence-corrected chi connectivity index (χ3v) is 7.16. The van der Waals surface area contributed by atoms with E-state index in [1.54, 1.807) is 0 Å². The van der Waals surface area contributed by atoms with Crippen LogP contribution in [-0.2, 0) is 0 Å². The van der Waals surface area contributed by atoms with Crippen LogP contribution in [-0.4, -0.2) is 34.0 Å². The lowest BCUT2D eigenvalue weighted by atomic mass is 9.95. The quantitative estimate of drug-likeness (QED) is 0.379. The highest BCUT2D eigenvalue weighted by Crippen LogP contribution is 2.49. The summed E-state index contributed by atoms with van der Waals surface area (Å²) in [6.07, 6.45) is 10.7. The first-order valence-electron chi connectivity index (χ1n) is 11.2. The first kappa shape index (κ1) is 20.8. The monoisotopic (exact) mass is 398 g/mol. The molecule has 2 aliphatic rings. The lowest BCUT2D eigenvalue weighted by molar-refractivity contribution is -0.000942. The minimum Gasteiger partial charge on any atom is -0.287 e. The smallest absolute Gasteiger partial charge is 0.0442 e. The van der Waals surface area contributed by atoms with Gasteiger partial charge in [-0.05, 0) is 37.8 Å². The minimum atomic E-state index is 0.371. The predicted octanol–water partition coefficient (Wildman–Crippen LogP) is 6.32. The van der Waals surface area contributed by atoms with Gasteiger partial charge in [0.1, 0.15) is 0 Å². The zero-order chi connectivity index (χ0) is 21.1. The van der Waals surface area contributed by atoms with Crippen molar-refractivity contribution in [3.8, 4) is 0 Å². The Balaban J connectivity index is 1.67. The number of benzene rings is 2. The third-order valence-electron chi connectivity index (χ3n) is 7.16. The van der Waals surface area contributed by atoms with E-state index in [-0.39, 0.29) is 0 Å². The predicted molar refractivity (Wildman–Crippen MR) is 127 cm³/mol. The Kier molecular flexibility index (Phi) is 6.36. The van der Waals surface area contributed by atoms with Gasteiger partial charge in [0.25, 0.3) is 0 Å². The zero-order valence-electron chi connectivity index (χ0n) is 18.3. The number of fused-ring (bicyclic) bond motifs is 2. The molecule has 2 heterocycles. The molecular weight excluding hydrogens is 364 g/mol. The summed E-state index contributed by atoms with van der Waals surface area (Å²) in [5.41, 5.74) is 2.79. The van der Waals surface area contributed by atoms with Crippen LogP contribution >= 0.6 is 0 Å². The molecule has 0 spiro atoms. The molecule has 0 amide bonds. The van der Waals surface area contributed by atoms with E-state index in [9.17, 15) is 0 Å². The summed E-state index contributed by atoms with van der Waals surface area (Å²) in [7, 11) is 0. The molecule has 0 aliphatic carbocycles. The van der Waals surface area contributed by atoms with Crippen molar-refractivity contribution in [2.45, 2.75) is 62.9 Å². The number of rotatable bonds is 8. The zero-order valence-corrected chi connectivity index (χ0v) is 18.3. The summed E-state index contributed by atoms with van der Waals surface area (Å²) < 4.78 is 0. The van der Waals surface area contributed by atoms with E-state index in [1.807, 2.05) is 6.08 Å². The van der Waals surface area contributed by atoms with E-state index in [1.165, 1.54) is 17.5 Å². The van der Waals surface area contributed by atoms with E-state index in [4.69, 9.17) is 0 Å². The highest BCUT2D eigenvalue weighted by molar-refractivity contribution is 5.27. The first-order chi connectivity index (χ1) is 14.7. The van der Waals surface area contributed by atoms with E-state index in [0.29, 0.717) is 36.3 Å². The second kappa shape index (κ2) is 9.16. The molecule has 2 bridgehead atoms. The van der Waals surface area contributed by atoms with Crippen LogP contribution in [0.4, 0.5) is 0 Å². The summed E-state index contributed by atoms with van der Waals surface area (Å²) in [6.45, 7) is 12.8. The van der Waals surface area contributed by atoms with Crippen LogP contribution in [0.25, 0.3) is 0 Å². The van der Waals surface area contributed by atoms with Crippen LogP contribution in [0.2, 0.25) is 0 Å². The van der Waals surface area contributed by atoms with Crippen molar-refractivity contribution in [1.29, 1.82) is 0 Å². The Bertz CT molecular complexity index is 872. The maximum Gasteiger partial charge on any atom is 0.0442 e. The van der Waals surface area contributed by atoms with E-state index >= 15 is 0 Å². The summed E-state index contributed by atoms with van der Waals surface area (Å²) in [5.74, 6) is 0. The maximum atomic E-state index is 4.26. The second-order valence-electron chi connectivity index (χ2n) is 8.63. The van der Waals surface area contributed by atoms with Crippen molar-refractivity contribution in [1.82, 2.24) is 9.80 Å². The van der Waals surface area contributed by atoms with Gasteiger partial charge in [-0.2, -0.15) is 0 Å². The summed E-state index contributed by atoms with van der Waals surface area (Å²) in [5, 5.41) is 0. The molecule has 0 saturated carbocycles. The summed E-state index contributed by atoms with van der Waals surface area (Å²) in [6, 6.07) is 24.5. The van der Waals surface area contributed by atoms with Gasteiger partial charge in [0.05, 0.1) is 0 Å². The van der Waals surface area contributed by atoms with E-state index < -0.39 is 0 Å². The minimum absolute atomic E-state index is 0.371. The van der Waals surface area contributed by atoms with Gasteiger partial charge in [-0.3, -0.25) is 9.80 Å². The highest BCUT2D eigenvalue weighted by Gasteiger charge is 2.56. The average molecular weight is 399 g/mol. The molecule has 0 N–H and O–H groups in total. The standard InChI is InChI=1S/C28H34N2/c1-5-7-10-19-26-28-20-27(30(26)22(4)24-17-13-9-14-18-24)25(6-2)29(28)21(3)23-15-11-8-12-16-23/h5-18,21-22,25-28H,1-2,19-20H2,3-4H3/b10-7+/t21-,22-,25?,26?,27?,28?/m0/s1. The largest absolute Gasteiger partial charge is 0.287 e. The molecule has 30 heavy (non-hydrogen) atoms. The van der Waals surface area contributed by atoms with Gasteiger partial charge in [-0.1, -0.05) is 91.5 Å². The molecule has 2 fully saturated rings. The summed E-state index contributed by atoms with van der Waals surface area (Å²) >= 11 is 0. The molecule has 0 aromatic heterocycles. The molecule has 2 heteroatoms. The molecule has 2 aliphatic heterocycles. The molecule has 0 radical (unpaired) electrons. The Morgan fingerprint density at radius 3 is 1.97 bits per heavy atom. The Morgan fingerprint density at radius 1 is 0.867 bits per heavy atom. The topological polar surface area (TPSA) is 6.48 Å². The number of hydrogen-bond donors (Lipinski definition) is 0. The summed E-state index contributed by atoms with van der Waals surface area (Å²) in [4.78, 5) is 5.50. The van der Waals surface area contributed by atoms with Gasteiger partial charge >= 0.3 is 0 Å². The van der Waals surface area contributed by atoms with Gasteiger partial charge in [0.2, 0.25) is 0 Å². The van der Waals surface area contributed by atoms with Gasteiger partial charge in [0.15, 0.2) is 0 Å². The van der Waals surface area contributed by atoms with E-state index in [2.05, 4.69) is 116 Å². The lowest BCUT2D eigenvalue weighted by Gasteiger charge is -2.49. The van der Waals surface area contributed by atoms with Crippen molar-refractivity contribution < 1.29 is 0 Å². The van der Waals surface area contributed by atoms with Crippen LogP contribution in [0.1, 0.15) is 49.9 Å². The number of allylic oxidation sites excluding steroid dienone is 2. The molecular formula is C28H34N2. The molecule has 4 rings (SSSR count). The Morgan fingerprint density at radius 2 is 1.43 bits per heavy atom. The van der Waals surface area contributed by atoms with Gasteiger partial charge in [-0.15, -0.1) is 6.58 Å². The molecule has 4 unspecified atom stereocenters. The number of likely N-dealkylation sites (tertiary alicyclic amines) is 2. The molecule has 6 atom stereocenters. The molecule has 2 aromatic carbocycles. The Hall–Kier alpha value is -2.42. The van der Waals surface area contributed by atoms with Crippen LogP contribution in [0.3, 0.4) is 0 Å². The van der Waals surface area contributed by atoms with Crippen LogP contribution in [0, 0.1) is 0 Å². The fourth-order valence-corrected chi connectivity index (χ4v) is 5.83. The van der Waals surface area contributed by atoms with Crippen LogP contribution in [0.15, 0.2) is 98.1 Å². The van der Waals surface area contributed by atoms with E-state index in [0.717, 1.165) is 6.42 Å². The molecule has 2 nitrogen and oxygen atoms in total. The highest BCUT2D eigenvalue weighted by atomic mass is 15.4. The third kappa shape index (κ3) is 3.71. The van der Waals surface area contributed by atoms with Crippen molar-refractivity contribution in [3.63, 3.8) is 0 Å². The number of nitrogens with zero attached hydrogens (tertiary/aromatic N) is 2. The molecule has 156 valence electrons. The SMILES string of the molecule is C=C/C=C/CC1C2CC(C(C=C)N2[C@@H](C)c2ccccc2)N1[C@@H](C)c1ccccc1. The van der Waals surface area contributed by atoms with Gasteiger partial charge < -0.3 is 0 Å². The van der Waals surface area contributed by atoms with Crippen LogP contribution < -0.4 is 0 Å². The van der Waals surface area contributed by atoms with Crippen molar-refractivity contribution in [2.75, 3.05) is 0 Å².